The Morgan fingerprint density at radius 1 is 1.24 bits per heavy atom. The van der Waals surface area contributed by atoms with Crippen molar-refractivity contribution < 1.29 is 0 Å². The lowest BCUT2D eigenvalue weighted by Gasteiger charge is -2.20. The van der Waals surface area contributed by atoms with E-state index in [4.69, 9.17) is 4.98 Å². The Hall–Kier alpha value is -1.31. The highest BCUT2D eigenvalue weighted by molar-refractivity contribution is 5.60. The van der Waals surface area contributed by atoms with E-state index in [1.54, 1.807) is 0 Å². The van der Waals surface area contributed by atoms with Crippen molar-refractivity contribution in [2.75, 3.05) is 0 Å². The van der Waals surface area contributed by atoms with Gasteiger partial charge in [0, 0.05) is 11.7 Å². The van der Waals surface area contributed by atoms with Crippen LogP contribution >= 0.6 is 0 Å². The Bertz CT molecular complexity index is 463. The van der Waals surface area contributed by atoms with Gasteiger partial charge in [0.05, 0.1) is 11.4 Å². The summed E-state index contributed by atoms with van der Waals surface area (Å²) in [6.07, 6.45) is 7.02. The summed E-state index contributed by atoms with van der Waals surface area (Å²) < 4.78 is 0. The van der Waals surface area contributed by atoms with E-state index < -0.39 is 0 Å². The number of nitrogens with zero attached hydrogens (tertiary/aromatic N) is 1. The zero-order valence-electron chi connectivity index (χ0n) is 14.6. The molecule has 0 bridgehead atoms. The van der Waals surface area contributed by atoms with Gasteiger partial charge < -0.3 is 5.32 Å². The van der Waals surface area contributed by atoms with Crippen LogP contribution in [0.15, 0.2) is 12.6 Å². The van der Waals surface area contributed by atoms with Crippen molar-refractivity contribution in [1.82, 2.24) is 10.3 Å². The van der Waals surface area contributed by atoms with Gasteiger partial charge in [0.15, 0.2) is 0 Å². The largest absolute Gasteiger partial charge is 0.381 e. The highest BCUT2D eigenvalue weighted by Crippen LogP contribution is 2.19. The summed E-state index contributed by atoms with van der Waals surface area (Å²) in [5.41, 5.74) is 5.84. The lowest BCUT2D eigenvalue weighted by molar-refractivity contribution is 0.511. The third kappa shape index (κ3) is 5.18. The number of hydrogen-bond donors (Lipinski definition) is 1. The number of rotatable bonds is 9. The van der Waals surface area contributed by atoms with Gasteiger partial charge in [0.1, 0.15) is 0 Å². The van der Waals surface area contributed by atoms with E-state index in [1.165, 1.54) is 36.1 Å². The molecule has 2 heteroatoms. The molecule has 0 aliphatic carbocycles. The first-order chi connectivity index (χ1) is 10.0. The normalized spacial score (nSPS) is 12.2. The van der Waals surface area contributed by atoms with E-state index in [9.17, 15) is 0 Å². The van der Waals surface area contributed by atoms with Crippen molar-refractivity contribution in [3.05, 3.63) is 35.2 Å². The maximum atomic E-state index is 4.83. The quantitative estimate of drug-likeness (QED) is 0.677. The summed E-state index contributed by atoms with van der Waals surface area (Å²) in [4.78, 5) is 4.83. The summed E-state index contributed by atoms with van der Waals surface area (Å²) in [5.74, 6) is 0. The average Bonchev–Trinajstić information content (AvgIpc) is 2.47. The molecule has 0 radical (unpaired) electrons. The lowest BCUT2D eigenvalue weighted by Crippen LogP contribution is -2.27. The van der Waals surface area contributed by atoms with Crippen LogP contribution in [0.25, 0.3) is 5.70 Å². The van der Waals surface area contributed by atoms with Gasteiger partial charge in [0.2, 0.25) is 0 Å². The molecule has 2 nitrogen and oxygen atoms in total. The second-order valence-electron chi connectivity index (χ2n) is 6.02. The second-order valence-corrected chi connectivity index (χ2v) is 6.02. The topological polar surface area (TPSA) is 24.9 Å². The Kier molecular flexibility index (Phi) is 7.49. The zero-order chi connectivity index (χ0) is 15.8. The van der Waals surface area contributed by atoms with Crippen molar-refractivity contribution in [1.29, 1.82) is 0 Å². The molecular weight excluding hydrogens is 256 g/mol. The smallest absolute Gasteiger partial charge is 0.0861 e. The molecule has 0 saturated carbocycles. The van der Waals surface area contributed by atoms with Gasteiger partial charge in [-0.05, 0) is 50.3 Å². The molecule has 0 amide bonds. The van der Waals surface area contributed by atoms with E-state index in [-0.39, 0.29) is 0 Å². The molecular formula is C19H32N2. The summed E-state index contributed by atoms with van der Waals surface area (Å²) in [7, 11) is 0. The molecule has 1 heterocycles. The third-order valence-corrected chi connectivity index (χ3v) is 4.21. The standard InChI is InChI=1S/C19H32N2/c1-7-10-12-17(9-3)20-16(6)19-13-14(4)15(5)18(21-19)11-8-2/h13,17,20H,6-12H2,1-5H3. The zero-order valence-corrected chi connectivity index (χ0v) is 14.6. The van der Waals surface area contributed by atoms with Gasteiger partial charge in [-0.2, -0.15) is 0 Å². The molecule has 1 atom stereocenters. The van der Waals surface area contributed by atoms with Crippen LogP contribution in [0.1, 0.15) is 75.4 Å². The van der Waals surface area contributed by atoms with Crippen LogP contribution in [-0.4, -0.2) is 11.0 Å². The molecule has 118 valence electrons. The summed E-state index contributed by atoms with van der Waals surface area (Å²) >= 11 is 0. The molecule has 1 rings (SSSR count). The maximum absolute atomic E-state index is 4.83. The second kappa shape index (κ2) is 8.86. The van der Waals surface area contributed by atoms with Crippen LogP contribution in [0, 0.1) is 13.8 Å². The van der Waals surface area contributed by atoms with Crippen molar-refractivity contribution in [3.8, 4) is 0 Å². The molecule has 1 unspecified atom stereocenters. The van der Waals surface area contributed by atoms with E-state index in [0.29, 0.717) is 6.04 Å². The Morgan fingerprint density at radius 2 is 1.95 bits per heavy atom. The lowest BCUT2D eigenvalue weighted by atomic mass is 10.0. The van der Waals surface area contributed by atoms with Crippen molar-refractivity contribution in [3.63, 3.8) is 0 Å². The van der Waals surface area contributed by atoms with Crippen LogP contribution < -0.4 is 5.32 Å². The molecule has 0 spiro atoms. The number of unbranched alkanes of at least 4 members (excludes halogenated alkanes) is 1. The molecule has 1 N–H and O–H groups in total. The monoisotopic (exact) mass is 288 g/mol. The van der Waals surface area contributed by atoms with Crippen LogP contribution in [0.4, 0.5) is 0 Å². The van der Waals surface area contributed by atoms with Crippen LogP contribution in [0.3, 0.4) is 0 Å². The Morgan fingerprint density at radius 3 is 2.52 bits per heavy atom. The first-order valence-electron chi connectivity index (χ1n) is 8.46. The minimum absolute atomic E-state index is 0.510. The molecule has 0 saturated heterocycles. The predicted octanol–water partition coefficient (Wildman–Crippen LogP) is 5.18. The molecule has 0 fully saturated rings. The van der Waals surface area contributed by atoms with Gasteiger partial charge in [-0.25, -0.2) is 0 Å². The minimum atomic E-state index is 0.510. The molecule has 1 aromatic rings. The number of aryl methyl sites for hydroxylation is 2. The SMILES string of the molecule is C=C(NC(CC)CCCC)c1cc(C)c(C)c(CCC)n1. The molecule has 0 aliphatic rings. The maximum Gasteiger partial charge on any atom is 0.0861 e. The Labute approximate surface area is 131 Å². The van der Waals surface area contributed by atoms with E-state index in [0.717, 1.165) is 30.7 Å². The molecule has 1 aromatic heterocycles. The third-order valence-electron chi connectivity index (χ3n) is 4.21. The van der Waals surface area contributed by atoms with Gasteiger partial charge >= 0.3 is 0 Å². The summed E-state index contributed by atoms with van der Waals surface area (Å²) in [6.45, 7) is 15.2. The van der Waals surface area contributed by atoms with Crippen LogP contribution in [-0.2, 0) is 6.42 Å². The van der Waals surface area contributed by atoms with Crippen molar-refractivity contribution in [2.45, 2.75) is 79.2 Å². The van der Waals surface area contributed by atoms with Crippen LogP contribution in [0.2, 0.25) is 0 Å². The van der Waals surface area contributed by atoms with Crippen molar-refractivity contribution >= 4 is 5.70 Å². The van der Waals surface area contributed by atoms with Crippen molar-refractivity contribution in [2.24, 2.45) is 0 Å². The number of nitrogens with one attached hydrogen (secondary N) is 1. The fourth-order valence-corrected chi connectivity index (χ4v) is 2.59. The van der Waals surface area contributed by atoms with Gasteiger partial charge in [-0.3, -0.25) is 4.98 Å². The van der Waals surface area contributed by atoms with E-state index in [2.05, 4.69) is 52.6 Å². The van der Waals surface area contributed by atoms with Gasteiger partial charge in [0.25, 0.3) is 0 Å². The van der Waals surface area contributed by atoms with E-state index >= 15 is 0 Å². The van der Waals surface area contributed by atoms with Crippen LogP contribution in [0.5, 0.6) is 0 Å². The van der Waals surface area contributed by atoms with Gasteiger partial charge in [-0.15, -0.1) is 0 Å². The highest BCUT2D eigenvalue weighted by atomic mass is 14.9. The first-order valence-corrected chi connectivity index (χ1v) is 8.46. The first kappa shape index (κ1) is 17.7. The minimum Gasteiger partial charge on any atom is -0.381 e. The average molecular weight is 288 g/mol. The molecule has 0 aromatic carbocycles. The predicted molar refractivity (Wildman–Crippen MR) is 93.5 cm³/mol. The van der Waals surface area contributed by atoms with Gasteiger partial charge in [-0.1, -0.05) is 46.6 Å². The summed E-state index contributed by atoms with van der Waals surface area (Å²) in [6, 6.07) is 2.67. The number of pyridine rings is 1. The fraction of sp³-hybridized carbons (Fsp3) is 0.632. The molecule has 0 aliphatic heterocycles. The molecule has 21 heavy (non-hydrogen) atoms. The Balaban J connectivity index is 2.86. The summed E-state index contributed by atoms with van der Waals surface area (Å²) in [5, 5.41) is 3.58. The number of aromatic nitrogens is 1. The fourth-order valence-electron chi connectivity index (χ4n) is 2.59. The van der Waals surface area contributed by atoms with E-state index in [1.807, 2.05) is 0 Å². The number of hydrogen-bond acceptors (Lipinski definition) is 2. The highest BCUT2D eigenvalue weighted by Gasteiger charge is 2.11.